The first kappa shape index (κ1) is 15.2. The van der Waals surface area contributed by atoms with Crippen LogP contribution in [0.1, 0.15) is 55.8 Å². The minimum absolute atomic E-state index is 0.407. The van der Waals surface area contributed by atoms with Crippen molar-refractivity contribution >= 4 is 0 Å². The van der Waals surface area contributed by atoms with Crippen LogP contribution in [0.15, 0.2) is 12.1 Å². The zero-order valence-corrected chi connectivity index (χ0v) is 12.8. The number of hydrogen-bond acceptors (Lipinski definition) is 3. The van der Waals surface area contributed by atoms with Crippen molar-refractivity contribution in [1.82, 2.24) is 0 Å². The van der Waals surface area contributed by atoms with Crippen LogP contribution in [0.4, 0.5) is 0 Å². The van der Waals surface area contributed by atoms with Crippen molar-refractivity contribution in [2.45, 2.75) is 51.6 Å². The molecule has 1 unspecified atom stereocenters. The molecule has 3 nitrogen and oxygen atoms in total. The van der Waals surface area contributed by atoms with Gasteiger partial charge in [0.15, 0.2) is 11.5 Å². The normalized spacial score (nSPS) is 17.2. The van der Waals surface area contributed by atoms with Gasteiger partial charge in [0.05, 0.1) is 20.3 Å². The first-order valence-corrected chi connectivity index (χ1v) is 7.56. The third kappa shape index (κ3) is 3.45. The third-order valence-electron chi connectivity index (χ3n) is 4.45. The van der Waals surface area contributed by atoms with Gasteiger partial charge in [-0.05, 0) is 48.9 Å². The summed E-state index contributed by atoms with van der Waals surface area (Å²) in [6, 6.07) is 3.85. The van der Waals surface area contributed by atoms with Crippen molar-refractivity contribution in [1.29, 1.82) is 0 Å². The molecule has 20 heavy (non-hydrogen) atoms. The van der Waals surface area contributed by atoms with Crippen molar-refractivity contribution in [3.8, 4) is 11.5 Å². The zero-order chi connectivity index (χ0) is 14.5. The second-order valence-corrected chi connectivity index (χ2v) is 5.81. The molecule has 1 fully saturated rings. The van der Waals surface area contributed by atoms with E-state index in [0.717, 1.165) is 35.6 Å². The molecule has 0 radical (unpaired) electrons. The summed E-state index contributed by atoms with van der Waals surface area (Å²) in [4.78, 5) is 0. The molecular weight excluding hydrogens is 252 g/mol. The van der Waals surface area contributed by atoms with Gasteiger partial charge in [-0.15, -0.1) is 0 Å². The number of rotatable bonds is 6. The van der Waals surface area contributed by atoms with Gasteiger partial charge in [-0.3, -0.25) is 0 Å². The van der Waals surface area contributed by atoms with Gasteiger partial charge in [0.1, 0.15) is 0 Å². The molecule has 1 N–H and O–H groups in total. The number of benzene rings is 1. The summed E-state index contributed by atoms with van der Waals surface area (Å²) < 4.78 is 10.6. The average Bonchev–Trinajstić information content (AvgIpc) is 2.97. The minimum atomic E-state index is -0.407. The summed E-state index contributed by atoms with van der Waals surface area (Å²) in [5, 5.41) is 10.4. The highest BCUT2D eigenvalue weighted by Crippen LogP contribution is 2.36. The smallest absolute Gasteiger partial charge is 0.161 e. The molecule has 3 heteroatoms. The van der Waals surface area contributed by atoms with Crippen molar-refractivity contribution in [3.05, 3.63) is 23.3 Å². The van der Waals surface area contributed by atoms with E-state index >= 15 is 0 Å². The van der Waals surface area contributed by atoms with Gasteiger partial charge in [0.25, 0.3) is 0 Å². The van der Waals surface area contributed by atoms with Gasteiger partial charge in [-0.2, -0.15) is 0 Å². The lowest BCUT2D eigenvalue weighted by Crippen LogP contribution is -2.04. The first-order valence-electron chi connectivity index (χ1n) is 7.56. The largest absolute Gasteiger partial charge is 0.493 e. The van der Waals surface area contributed by atoms with Gasteiger partial charge in [0, 0.05) is 0 Å². The molecule has 2 rings (SSSR count). The van der Waals surface area contributed by atoms with Crippen molar-refractivity contribution in [2.24, 2.45) is 5.92 Å². The van der Waals surface area contributed by atoms with E-state index in [1.807, 2.05) is 19.1 Å². The number of aliphatic hydroxyl groups is 1. The van der Waals surface area contributed by atoms with E-state index in [0.29, 0.717) is 5.75 Å². The number of ether oxygens (including phenoxy) is 2. The maximum absolute atomic E-state index is 10.4. The monoisotopic (exact) mass is 278 g/mol. The van der Waals surface area contributed by atoms with E-state index in [1.54, 1.807) is 14.2 Å². The molecule has 1 aliphatic carbocycles. The van der Waals surface area contributed by atoms with Gasteiger partial charge >= 0.3 is 0 Å². The van der Waals surface area contributed by atoms with Crippen molar-refractivity contribution in [3.63, 3.8) is 0 Å². The lowest BCUT2D eigenvalue weighted by molar-refractivity contribution is 0.156. The molecule has 112 valence electrons. The van der Waals surface area contributed by atoms with Crippen LogP contribution < -0.4 is 9.47 Å². The Kier molecular flexibility index (Phi) is 5.30. The highest BCUT2D eigenvalue weighted by molar-refractivity contribution is 5.47. The van der Waals surface area contributed by atoms with Crippen LogP contribution in [0, 0.1) is 12.8 Å². The van der Waals surface area contributed by atoms with Crippen LogP contribution in [0.3, 0.4) is 0 Å². The van der Waals surface area contributed by atoms with Gasteiger partial charge in [-0.1, -0.05) is 25.7 Å². The van der Waals surface area contributed by atoms with Crippen molar-refractivity contribution in [2.75, 3.05) is 14.2 Å². The summed E-state index contributed by atoms with van der Waals surface area (Å²) in [7, 11) is 3.26. The summed E-state index contributed by atoms with van der Waals surface area (Å²) in [6.07, 6.45) is 6.92. The lowest BCUT2D eigenvalue weighted by Gasteiger charge is -2.18. The van der Waals surface area contributed by atoms with E-state index in [1.165, 1.54) is 25.7 Å². The van der Waals surface area contributed by atoms with E-state index in [-0.39, 0.29) is 0 Å². The van der Waals surface area contributed by atoms with Gasteiger partial charge in [-0.25, -0.2) is 0 Å². The molecule has 0 aliphatic heterocycles. The maximum atomic E-state index is 10.4. The van der Waals surface area contributed by atoms with E-state index in [4.69, 9.17) is 9.47 Å². The summed E-state index contributed by atoms with van der Waals surface area (Å²) >= 11 is 0. The molecule has 1 aliphatic rings. The molecule has 0 aromatic heterocycles. The molecule has 1 aromatic carbocycles. The second-order valence-electron chi connectivity index (χ2n) is 5.81. The zero-order valence-electron chi connectivity index (χ0n) is 12.8. The molecule has 1 atom stereocenters. The predicted molar refractivity (Wildman–Crippen MR) is 80.4 cm³/mol. The number of methoxy groups -OCH3 is 2. The number of aliphatic hydroxyl groups excluding tert-OH is 1. The lowest BCUT2D eigenvalue weighted by atomic mass is 9.94. The molecule has 0 amide bonds. The molecule has 1 saturated carbocycles. The van der Waals surface area contributed by atoms with Gasteiger partial charge < -0.3 is 14.6 Å². The topological polar surface area (TPSA) is 38.7 Å². The van der Waals surface area contributed by atoms with Crippen LogP contribution in [-0.4, -0.2) is 19.3 Å². The standard InChI is InChI=1S/C17H26O3/c1-12-10-16(19-2)17(20-3)11-14(12)15(18)9-8-13-6-4-5-7-13/h10-11,13,15,18H,4-9H2,1-3H3. The van der Waals surface area contributed by atoms with E-state index < -0.39 is 6.10 Å². The fourth-order valence-electron chi connectivity index (χ4n) is 3.20. The highest BCUT2D eigenvalue weighted by atomic mass is 16.5. The van der Waals surface area contributed by atoms with Crippen LogP contribution in [0.5, 0.6) is 11.5 Å². The minimum Gasteiger partial charge on any atom is -0.493 e. The predicted octanol–water partition coefficient (Wildman–Crippen LogP) is 4.02. The quantitative estimate of drug-likeness (QED) is 0.854. The van der Waals surface area contributed by atoms with Gasteiger partial charge in [0.2, 0.25) is 0 Å². The molecule has 0 heterocycles. The second kappa shape index (κ2) is 6.98. The van der Waals surface area contributed by atoms with Crippen LogP contribution in [0.25, 0.3) is 0 Å². The van der Waals surface area contributed by atoms with E-state index in [2.05, 4.69) is 0 Å². The maximum Gasteiger partial charge on any atom is 0.161 e. The fraction of sp³-hybridized carbons (Fsp3) is 0.647. The van der Waals surface area contributed by atoms with Crippen molar-refractivity contribution < 1.29 is 14.6 Å². The SMILES string of the molecule is COc1cc(C)c(C(O)CCC2CCCC2)cc1OC. The molecule has 1 aromatic rings. The Morgan fingerprint density at radius 1 is 1.15 bits per heavy atom. The van der Waals surface area contributed by atoms with E-state index in [9.17, 15) is 5.11 Å². The summed E-state index contributed by atoms with van der Waals surface area (Å²) in [6.45, 7) is 2.01. The Morgan fingerprint density at radius 2 is 1.75 bits per heavy atom. The first-order chi connectivity index (χ1) is 9.65. The number of aryl methyl sites for hydroxylation is 1. The average molecular weight is 278 g/mol. The fourth-order valence-corrected chi connectivity index (χ4v) is 3.20. The Morgan fingerprint density at radius 3 is 2.35 bits per heavy atom. The third-order valence-corrected chi connectivity index (χ3v) is 4.45. The molecule has 0 saturated heterocycles. The summed E-state index contributed by atoms with van der Waals surface area (Å²) in [5.74, 6) is 2.22. The Hall–Kier alpha value is -1.22. The molecule has 0 spiro atoms. The van der Waals surface area contributed by atoms with Crippen LogP contribution in [-0.2, 0) is 0 Å². The Bertz CT molecular complexity index is 436. The molecular formula is C17H26O3. The number of hydrogen-bond donors (Lipinski definition) is 1. The Balaban J connectivity index is 2.06. The summed E-state index contributed by atoms with van der Waals surface area (Å²) in [5.41, 5.74) is 2.02. The molecule has 0 bridgehead atoms. The van der Waals surface area contributed by atoms with Crippen LogP contribution in [0.2, 0.25) is 0 Å². The van der Waals surface area contributed by atoms with Crippen LogP contribution >= 0.6 is 0 Å². The highest BCUT2D eigenvalue weighted by Gasteiger charge is 2.19. The Labute approximate surface area is 121 Å².